The smallest absolute Gasteiger partial charge is 0.0219 e. The Bertz CT molecular complexity index is 359. The predicted molar refractivity (Wildman–Crippen MR) is 77.7 cm³/mol. The number of hydrogen-bond donors (Lipinski definition) is 2. The van der Waals surface area contributed by atoms with E-state index in [1.165, 1.54) is 31.2 Å². The molecule has 1 fully saturated rings. The van der Waals surface area contributed by atoms with Crippen molar-refractivity contribution in [3.8, 4) is 0 Å². The van der Waals surface area contributed by atoms with Gasteiger partial charge >= 0.3 is 0 Å². The van der Waals surface area contributed by atoms with E-state index in [9.17, 15) is 0 Å². The minimum Gasteiger partial charge on any atom is -0.326 e. The highest BCUT2D eigenvalue weighted by Crippen LogP contribution is 2.23. The Balaban J connectivity index is 1.92. The first-order valence-electron chi connectivity index (χ1n) is 7.14. The summed E-state index contributed by atoms with van der Waals surface area (Å²) in [6.45, 7) is 5.59. The lowest BCUT2D eigenvalue weighted by atomic mass is 9.83. The zero-order valence-corrected chi connectivity index (χ0v) is 11.7. The molecule has 1 saturated carbocycles. The summed E-state index contributed by atoms with van der Waals surface area (Å²) in [6, 6.07) is 11.6. The standard InChI is InChI=1S/C16H26N2/c1-16(2,13-8-4-3-5-9-13)12-18-15-11-7-6-10-14(15)17/h3-5,8-9,14-15,18H,6-7,10-12,17H2,1-2H3. The summed E-state index contributed by atoms with van der Waals surface area (Å²) in [4.78, 5) is 0. The van der Waals surface area contributed by atoms with Crippen LogP contribution in [-0.4, -0.2) is 18.6 Å². The van der Waals surface area contributed by atoms with Crippen LogP contribution in [0.4, 0.5) is 0 Å². The third kappa shape index (κ3) is 3.33. The van der Waals surface area contributed by atoms with Gasteiger partial charge in [-0.2, -0.15) is 0 Å². The third-order valence-electron chi connectivity index (χ3n) is 4.18. The van der Waals surface area contributed by atoms with E-state index in [-0.39, 0.29) is 5.41 Å². The maximum Gasteiger partial charge on any atom is 0.0219 e. The summed E-state index contributed by atoms with van der Waals surface area (Å²) in [5, 5.41) is 3.69. The summed E-state index contributed by atoms with van der Waals surface area (Å²) in [7, 11) is 0. The SMILES string of the molecule is CC(C)(CNC1CCCCC1N)c1ccccc1. The molecular formula is C16H26N2. The molecule has 3 N–H and O–H groups in total. The number of nitrogens with one attached hydrogen (secondary N) is 1. The topological polar surface area (TPSA) is 38.0 Å². The second-order valence-electron chi connectivity index (χ2n) is 6.19. The molecular weight excluding hydrogens is 220 g/mol. The van der Waals surface area contributed by atoms with Gasteiger partial charge in [0.1, 0.15) is 0 Å². The lowest BCUT2D eigenvalue weighted by Crippen LogP contribution is -2.50. The quantitative estimate of drug-likeness (QED) is 0.857. The van der Waals surface area contributed by atoms with Gasteiger partial charge in [0.2, 0.25) is 0 Å². The first kappa shape index (κ1) is 13.6. The minimum atomic E-state index is 0.165. The fraction of sp³-hybridized carbons (Fsp3) is 0.625. The Morgan fingerprint density at radius 1 is 1.17 bits per heavy atom. The van der Waals surface area contributed by atoms with Gasteiger partial charge in [0, 0.05) is 24.0 Å². The zero-order valence-electron chi connectivity index (χ0n) is 11.7. The molecule has 18 heavy (non-hydrogen) atoms. The first-order valence-corrected chi connectivity index (χ1v) is 7.14. The molecule has 0 aliphatic heterocycles. The molecule has 2 unspecified atom stereocenters. The Kier molecular flexibility index (Phi) is 4.41. The Morgan fingerprint density at radius 2 is 1.83 bits per heavy atom. The number of benzene rings is 1. The second kappa shape index (κ2) is 5.85. The molecule has 1 aromatic rings. The van der Waals surface area contributed by atoms with Gasteiger partial charge in [0.25, 0.3) is 0 Å². The van der Waals surface area contributed by atoms with Gasteiger partial charge in [-0.05, 0) is 18.4 Å². The van der Waals surface area contributed by atoms with Crippen LogP contribution in [0.2, 0.25) is 0 Å². The van der Waals surface area contributed by atoms with Crippen LogP contribution in [0.5, 0.6) is 0 Å². The lowest BCUT2D eigenvalue weighted by molar-refractivity contribution is 0.306. The van der Waals surface area contributed by atoms with Crippen LogP contribution in [0.1, 0.15) is 45.1 Å². The second-order valence-corrected chi connectivity index (χ2v) is 6.19. The van der Waals surface area contributed by atoms with E-state index in [0.717, 1.165) is 6.54 Å². The fourth-order valence-electron chi connectivity index (χ4n) is 2.79. The van der Waals surface area contributed by atoms with Gasteiger partial charge < -0.3 is 11.1 Å². The van der Waals surface area contributed by atoms with Crippen molar-refractivity contribution >= 4 is 0 Å². The highest BCUT2D eigenvalue weighted by Gasteiger charge is 2.25. The highest BCUT2D eigenvalue weighted by atomic mass is 15.0. The summed E-state index contributed by atoms with van der Waals surface area (Å²) < 4.78 is 0. The molecule has 2 nitrogen and oxygen atoms in total. The van der Waals surface area contributed by atoms with Crippen molar-refractivity contribution in [1.82, 2.24) is 5.32 Å². The Labute approximate surface area is 111 Å². The maximum absolute atomic E-state index is 6.18. The van der Waals surface area contributed by atoms with Crippen LogP contribution >= 0.6 is 0 Å². The van der Waals surface area contributed by atoms with E-state index >= 15 is 0 Å². The molecule has 1 aliphatic rings. The average molecular weight is 246 g/mol. The summed E-state index contributed by atoms with van der Waals surface area (Å²) >= 11 is 0. The molecule has 2 rings (SSSR count). The van der Waals surface area contributed by atoms with Crippen molar-refractivity contribution < 1.29 is 0 Å². The Hall–Kier alpha value is -0.860. The normalized spacial score (nSPS) is 25.1. The minimum absolute atomic E-state index is 0.165. The van der Waals surface area contributed by atoms with Gasteiger partial charge in [-0.3, -0.25) is 0 Å². The van der Waals surface area contributed by atoms with E-state index in [4.69, 9.17) is 5.73 Å². The van der Waals surface area contributed by atoms with E-state index in [1.807, 2.05) is 0 Å². The first-order chi connectivity index (χ1) is 8.59. The van der Waals surface area contributed by atoms with Crippen molar-refractivity contribution in [1.29, 1.82) is 0 Å². The molecule has 0 radical (unpaired) electrons. The monoisotopic (exact) mass is 246 g/mol. The molecule has 1 aliphatic carbocycles. The van der Waals surface area contributed by atoms with Gasteiger partial charge in [-0.15, -0.1) is 0 Å². The van der Waals surface area contributed by atoms with Gasteiger partial charge in [0.15, 0.2) is 0 Å². The van der Waals surface area contributed by atoms with Crippen molar-refractivity contribution in [2.24, 2.45) is 5.73 Å². The van der Waals surface area contributed by atoms with Crippen LogP contribution in [0.15, 0.2) is 30.3 Å². The molecule has 0 heterocycles. The zero-order chi connectivity index (χ0) is 13.0. The molecule has 0 saturated heterocycles. The van der Waals surface area contributed by atoms with Crippen LogP contribution < -0.4 is 11.1 Å². The lowest BCUT2D eigenvalue weighted by Gasteiger charge is -2.34. The van der Waals surface area contributed by atoms with E-state index in [2.05, 4.69) is 49.5 Å². The summed E-state index contributed by atoms with van der Waals surface area (Å²) in [5.41, 5.74) is 7.74. The van der Waals surface area contributed by atoms with Crippen LogP contribution in [0.25, 0.3) is 0 Å². The van der Waals surface area contributed by atoms with Gasteiger partial charge in [-0.1, -0.05) is 57.0 Å². The van der Waals surface area contributed by atoms with Crippen molar-refractivity contribution in [3.63, 3.8) is 0 Å². The summed E-state index contributed by atoms with van der Waals surface area (Å²) in [5.74, 6) is 0. The summed E-state index contributed by atoms with van der Waals surface area (Å²) in [6.07, 6.45) is 5.01. The molecule has 1 aromatic carbocycles. The predicted octanol–water partition coefficient (Wildman–Crippen LogP) is 2.82. The average Bonchev–Trinajstić information content (AvgIpc) is 2.39. The molecule has 100 valence electrons. The van der Waals surface area contributed by atoms with Crippen LogP contribution in [-0.2, 0) is 5.41 Å². The Morgan fingerprint density at radius 3 is 2.50 bits per heavy atom. The van der Waals surface area contributed by atoms with Crippen molar-refractivity contribution in [2.75, 3.05) is 6.54 Å². The maximum atomic E-state index is 6.18. The van der Waals surface area contributed by atoms with Crippen molar-refractivity contribution in [2.45, 2.75) is 57.0 Å². The third-order valence-corrected chi connectivity index (χ3v) is 4.18. The van der Waals surface area contributed by atoms with E-state index in [0.29, 0.717) is 12.1 Å². The largest absolute Gasteiger partial charge is 0.326 e. The number of hydrogen-bond acceptors (Lipinski definition) is 2. The van der Waals surface area contributed by atoms with E-state index < -0.39 is 0 Å². The molecule has 0 amide bonds. The van der Waals surface area contributed by atoms with Gasteiger partial charge in [-0.25, -0.2) is 0 Å². The molecule has 0 spiro atoms. The highest BCUT2D eigenvalue weighted by molar-refractivity contribution is 5.23. The molecule has 2 atom stereocenters. The van der Waals surface area contributed by atoms with Crippen LogP contribution in [0.3, 0.4) is 0 Å². The molecule has 0 aromatic heterocycles. The van der Waals surface area contributed by atoms with Crippen molar-refractivity contribution in [3.05, 3.63) is 35.9 Å². The molecule has 0 bridgehead atoms. The molecule has 2 heteroatoms. The van der Waals surface area contributed by atoms with E-state index in [1.54, 1.807) is 0 Å². The fourth-order valence-corrected chi connectivity index (χ4v) is 2.79. The number of nitrogens with two attached hydrogens (primary N) is 1. The van der Waals surface area contributed by atoms with Gasteiger partial charge in [0.05, 0.1) is 0 Å². The van der Waals surface area contributed by atoms with Crippen LogP contribution in [0, 0.1) is 0 Å². The number of rotatable bonds is 4.